The molecule has 4 rings (SSSR count). The number of aliphatic hydroxyl groups is 1. The molecule has 0 aromatic carbocycles. The Morgan fingerprint density at radius 3 is 3.14 bits per heavy atom. The fourth-order valence-corrected chi connectivity index (χ4v) is 2.63. The van der Waals surface area contributed by atoms with Gasteiger partial charge in [-0.05, 0) is 18.6 Å². The molecule has 0 saturated carbocycles. The van der Waals surface area contributed by atoms with Gasteiger partial charge in [0.25, 0.3) is 0 Å². The van der Waals surface area contributed by atoms with Gasteiger partial charge >= 0.3 is 0 Å². The standard InChI is InChI=1S/C14H16N6O2/c21-13-8-22-4-3-11(13)18-14-15-7-10-1-2-12(20(10)19-14)9-5-16-17-6-9/h1-2,5-7,11,13,21H,3-4,8H2,(H,16,17)(H,18,19)/t11-,13-/m1/s1. The first-order valence-electron chi connectivity index (χ1n) is 7.17. The van der Waals surface area contributed by atoms with Crippen LogP contribution in [0.5, 0.6) is 0 Å². The molecular formula is C14H16N6O2. The fraction of sp³-hybridized carbons (Fsp3) is 0.357. The van der Waals surface area contributed by atoms with E-state index in [2.05, 4.69) is 25.6 Å². The molecule has 8 nitrogen and oxygen atoms in total. The van der Waals surface area contributed by atoms with Gasteiger partial charge in [0.05, 0.1) is 42.4 Å². The van der Waals surface area contributed by atoms with Crippen LogP contribution in [0.3, 0.4) is 0 Å². The summed E-state index contributed by atoms with van der Waals surface area (Å²) in [7, 11) is 0. The lowest BCUT2D eigenvalue weighted by Crippen LogP contribution is -2.42. The van der Waals surface area contributed by atoms with Crippen LogP contribution in [0.15, 0.2) is 30.7 Å². The number of hydrogen-bond acceptors (Lipinski definition) is 6. The van der Waals surface area contributed by atoms with E-state index in [1.54, 1.807) is 12.4 Å². The monoisotopic (exact) mass is 300 g/mol. The number of rotatable bonds is 3. The SMILES string of the molecule is O[C@@H]1COCC[C@H]1Nc1ncc2ccc(-c3cn[nH]c3)n2n1. The van der Waals surface area contributed by atoms with Gasteiger partial charge in [0.2, 0.25) is 5.95 Å². The van der Waals surface area contributed by atoms with Crippen molar-refractivity contribution in [2.24, 2.45) is 0 Å². The quantitative estimate of drug-likeness (QED) is 0.658. The molecule has 0 aliphatic carbocycles. The van der Waals surface area contributed by atoms with Crippen LogP contribution >= 0.6 is 0 Å². The summed E-state index contributed by atoms with van der Waals surface area (Å²) in [6, 6.07) is 3.83. The van der Waals surface area contributed by atoms with Gasteiger partial charge in [-0.25, -0.2) is 9.50 Å². The van der Waals surface area contributed by atoms with E-state index in [1.165, 1.54) is 0 Å². The van der Waals surface area contributed by atoms with E-state index in [9.17, 15) is 5.11 Å². The highest BCUT2D eigenvalue weighted by Gasteiger charge is 2.24. The molecule has 0 amide bonds. The number of fused-ring (bicyclic) bond motifs is 1. The van der Waals surface area contributed by atoms with Crippen molar-refractivity contribution in [2.45, 2.75) is 18.6 Å². The fourth-order valence-electron chi connectivity index (χ4n) is 2.63. The van der Waals surface area contributed by atoms with Crippen molar-refractivity contribution in [3.05, 3.63) is 30.7 Å². The Bertz CT molecular complexity index is 769. The topological polar surface area (TPSA) is 100 Å². The second kappa shape index (κ2) is 5.39. The minimum absolute atomic E-state index is 0.0980. The maximum atomic E-state index is 9.95. The first-order valence-corrected chi connectivity index (χ1v) is 7.17. The molecule has 3 N–H and O–H groups in total. The zero-order valence-corrected chi connectivity index (χ0v) is 11.8. The molecule has 1 saturated heterocycles. The van der Waals surface area contributed by atoms with Crippen molar-refractivity contribution < 1.29 is 9.84 Å². The van der Waals surface area contributed by atoms with Crippen molar-refractivity contribution in [3.63, 3.8) is 0 Å². The van der Waals surface area contributed by atoms with Crippen LogP contribution in [0.1, 0.15) is 6.42 Å². The van der Waals surface area contributed by atoms with E-state index in [0.29, 0.717) is 19.2 Å². The Hall–Kier alpha value is -2.45. The van der Waals surface area contributed by atoms with E-state index in [0.717, 1.165) is 23.2 Å². The van der Waals surface area contributed by atoms with Crippen LogP contribution < -0.4 is 5.32 Å². The van der Waals surface area contributed by atoms with Crippen LogP contribution in [-0.2, 0) is 4.74 Å². The van der Waals surface area contributed by atoms with Gasteiger partial charge in [0, 0.05) is 18.4 Å². The second-order valence-electron chi connectivity index (χ2n) is 5.31. The molecule has 4 heterocycles. The molecule has 114 valence electrons. The molecular weight excluding hydrogens is 284 g/mol. The highest BCUT2D eigenvalue weighted by atomic mass is 16.5. The molecule has 1 fully saturated rings. The molecule has 0 unspecified atom stereocenters. The molecule has 1 aliphatic rings. The van der Waals surface area contributed by atoms with Crippen LogP contribution in [-0.4, -0.2) is 55.3 Å². The summed E-state index contributed by atoms with van der Waals surface area (Å²) < 4.78 is 7.04. The Morgan fingerprint density at radius 1 is 1.36 bits per heavy atom. The van der Waals surface area contributed by atoms with Gasteiger partial charge < -0.3 is 15.2 Å². The molecule has 0 radical (unpaired) electrons. The Kier molecular flexibility index (Phi) is 3.24. The molecule has 8 heteroatoms. The van der Waals surface area contributed by atoms with Crippen LogP contribution in [0.2, 0.25) is 0 Å². The maximum Gasteiger partial charge on any atom is 0.241 e. The summed E-state index contributed by atoms with van der Waals surface area (Å²) in [5.41, 5.74) is 2.78. The summed E-state index contributed by atoms with van der Waals surface area (Å²) in [5.74, 6) is 0.486. The number of aliphatic hydroxyl groups excluding tert-OH is 1. The molecule has 3 aromatic heterocycles. The predicted molar refractivity (Wildman–Crippen MR) is 79.4 cm³/mol. The zero-order valence-electron chi connectivity index (χ0n) is 11.8. The van der Waals surface area contributed by atoms with Crippen molar-refractivity contribution in [3.8, 4) is 11.3 Å². The van der Waals surface area contributed by atoms with Crippen LogP contribution in [0.25, 0.3) is 16.8 Å². The number of H-pyrrole nitrogens is 1. The Morgan fingerprint density at radius 2 is 2.32 bits per heavy atom. The molecule has 3 aromatic rings. The van der Waals surface area contributed by atoms with E-state index in [-0.39, 0.29) is 6.04 Å². The minimum atomic E-state index is -0.550. The molecule has 2 atom stereocenters. The predicted octanol–water partition coefficient (Wildman–Crippen LogP) is 0.681. The maximum absolute atomic E-state index is 9.95. The van der Waals surface area contributed by atoms with E-state index >= 15 is 0 Å². The third-order valence-electron chi connectivity index (χ3n) is 3.83. The average molecular weight is 300 g/mol. The summed E-state index contributed by atoms with van der Waals surface area (Å²) >= 11 is 0. The molecule has 0 bridgehead atoms. The van der Waals surface area contributed by atoms with E-state index in [4.69, 9.17) is 4.74 Å². The van der Waals surface area contributed by atoms with Crippen LogP contribution in [0, 0.1) is 0 Å². The number of aromatic amines is 1. The summed E-state index contributed by atoms with van der Waals surface area (Å²) in [4.78, 5) is 4.31. The van der Waals surface area contributed by atoms with Crippen molar-refractivity contribution in [2.75, 3.05) is 18.5 Å². The number of nitrogens with one attached hydrogen (secondary N) is 2. The second-order valence-corrected chi connectivity index (χ2v) is 5.31. The lowest BCUT2D eigenvalue weighted by molar-refractivity contribution is -0.0136. The van der Waals surface area contributed by atoms with Gasteiger partial charge in [0.1, 0.15) is 0 Å². The number of aromatic nitrogens is 5. The Balaban J connectivity index is 1.66. The highest BCUT2D eigenvalue weighted by molar-refractivity contribution is 5.65. The Labute approximate surface area is 126 Å². The summed E-state index contributed by atoms with van der Waals surface area (Å²) in [6.07, 6.45) is 5.50. The summed E-state index contributed by atoms with van der Waals surface area (Å²) in [5, 5.41) is 24.4. The smallest absolute Gasteiger partial charge is 0.241 e. The van der Waals surface area contributed by atoms with Crippen molar-refractivity contribution in [1.82, 2.24) is 24.8 Å². The minimum Gasteiger partial charge on any atom is -0.389 e. The first-order chi connectivity index (χ1) is 10.8. The number of anilines is 1. The number of nitrogens with zero attached hydrogens (tertiary/aromatic N) is 4. The van der Waals surface area contributed by atoms with Crippen molar-refractivity contribution in [1.29, 1.82) is 0 Å². The third kappa shape index (κ3) is 2.32. The number of hydrogen-bond donors (Lipinski definition) is 3. The third-order valence-corrected chi connectivity index (χ3v) is 3.83. The molecule has 1 aliphatic heterocycles. The number of ether oxygens (including phenoxy) is 1. The summed E-state index contributed by atoms with van der Waals surface area (Å²) in [6.45, 7) is 0.963. The largest absolute Gasteiger partial charge is 0.389 e. The van der Waals surface area contributed by atoms with Gasteiger partial charge in [-0.2, -0.15) is 5.10 Å². The van der Waals surface area contributed by atoms with Crippen LogP contribution in [0.4, 0.5) is 5.95 Å². The van der Waals surface area contributed by atoms with Gasteiger partial charge in [0.15, 0.2) is 0 Å². The van der Waals surface area contributed by atoms with E-state index in [1.807, 2.05) is 22.8 Å². The normalized spacial score (nSPS) is 22.0. The first kappa shape index (κ1) is 13.2. The van der Waals surface area contributed by atoms with Gasteiger partial charge in [-0.3, -0.25) is 5.10 Å². The van der Waals surface area contributed by atoms with Gasteiger partial charge in [-0.15, -0.1) is 5.10 Å². The van der Waals surface area contributed by atoms with Gasteiger partial charge in [-0.1, -0.05) is 0 Å². The lowest BCUT2D eigenvalue weighted by Gasteiger charge is -2.28. The van der Waals surface area contributed by atoms with Crippen molar-refractivity contribution >= 4 is 11.5 Å². The molecule has 0 spiro atoms. The highest BCUT2D eigenvalue weighted by Crippen LogP contribution is 2.21. The molecule has 22 heavy (non-hydrogen) atoms. The average Bonchev–Trinajstić information content (AvgIpc) is 3.18. The van der Waals surface area contributed by atoms with E-state index < -0.39 is 6.10 Å². The lowest BCUT2D eigenvalue weighted by atomic mass is 10.1. The zero-order chi connectivity index (χ0) is 14.9.